The molecule has 1 saturated heterocycles. The van der Waals surface area contributed by atoms with E-state index in [0.29, 0.717) is 5.75 Å². The second-order valence-corrected chi connectivity index (χ2v) is 9.32. The molecule has 1 aliphatic rings. The van der Waals surface area contributed by atoms with Gasteiger partial charge < -0.3 is 9.47 Å². The highest BCUT2D eigenvalue weighted by molar-refractivity contribution is 7.99. The SMILES string of the molecule is CCn1c(SCC(=O)N2CCN(Cc3cccc(Cl)c3)CC2)nnc1-c1ccccc1C. The van der Waals surface area contributed by atoms with E-state index in [4.69, 9.17) is 11.6 Å². The van der Waals surface area contributed by atoms with Crippen molar-refractivity contribution >= 4 is 29.3 Å². The summed E-state index contributed by atoms with van der Waals surface area (Å²) in [6.45, 7) is 9.00. The van der Waals surface area contributed by atoms with E-state index in [0.717, 1.165) is 66.4 Å². The second-order valence-electron chi connectivity index (χ2n) is 7.94. The molecule has 32 heavy (non-hydrogen) atoms. The van der Waals surface area contributed by atoms with Gasteiger partial charge in [-0.2, -0.15) is 0 Å². The standard InChI is InChI=1S/C24H28ClN5OS/c1-3-30-23(21-10-5-4-7-18(21)2)26-27-24(30)32-17-22(31)29-13-11-28(12-14-29)16-19-8-6-9-20(25)15-19/h4-10,15H,3,11-14,16-17H2,1-2H3. The fourth-order valence-electron chi connectivity index (χ4n) is 3.97. The highest BCUT2D eigenvalue weighted by Gasteiger charge is 2.22. The highest BCUT2D eigenvalue weighted by atomic mass is 35.5. The third-order valence-corrected chi connectivity index (χ3v) is 6.95. The lowest BCUT2D eigenvalue weighted by atomic mass is 10.1. The third-order valence-electron chi connectivity index (χ3n) is 5.76. The van der Waals surface area contributed by atoms with Crippen molar-refractivity contribution in [2.75, 3.05) is 31.9 Å². The van der Waals surface area contributed by atoms with Crippen molar-refractivity contribution in [1.29, 1.82) is 0 Å². The van der Waals surface area contributed by atoms with Crippen molar-refractivity contribution in [3.63, 3.8) is 0 Å². The number of piperazine rings is 1. The monoisotopic (exact) mass is 469 g/mol. The molecule has 168 valence electrons. The van der Waals surface area contributed by atoms with Crippen molar-refractivity contribution in [3.05, 3.63) is 64.7 Å². The molecule has 2 aromatic carbocycles. The van der Waals surface area contributed by atoms with Crippen molar-refractivity contribution in [2.24, 2.45) is 0 Å². The van der Waals surface area contributed by atoms with E-state index in [1.807, 2.05) is 35.2 Å². The number of halogens is 1. The Bertz CT molecular complexity index is 1080. The summed E-state index contributed by atoms with van der Waals surface area (Å²) in [7, 11) is 0. The molecule has 0 spiro atoms. The zero-order valence-corrected chi connectivity index (χ0v) is 20.1. The van der Waals surface area contributed by atoms with E-state index in [1.54, 1.807) is 0 Å². The summed E-state index contributed by atoms with van der Waals surface area (Å²) in [6, 6.07) is 16.1. The van der Waals surface area contributed by atoms with Crippen LogP contribution in [0.2, 0.25) is 5.02 Å². The Morgan fingerprint density at radius 3 is 2.56 bits per heavy atom. The summed E-state index contributed by atoms with van der Waals surface area (Å²) in [5.41, 5.74) is 3.45. The number of thioether (sulfide) groups is 1. The molecule has 0 saturated carbocycles. The zero-order chi connectivity index (χ0) is 22.5. The number of aromatic nitrogens is 3. The van der Waals surface area contributed by atoms with Crippen LogP contribution in [0.25, 0.3) is 11.4 Å². The summed E-state index contributed by atoms with van der Waals surface area (Å²) >= 11 is 7.56. The van der Waals surface area contributed by atoms with Gasteiger partial charge in [-0.15, -0.1) is 10.2 Å². The summed E-state index contributed by atoms with van der Waals surface area (Å²) < 4.78 is 2.09. The molecular weight excluding hydrogens is 442 g/mol. The number of hydrogen-bond acceptors (Lipinski definition) is 5. The number of carbonyl (C=O) groups is 1. The molecule has 0 bridgehead atoms. The Hall–Kier alpha value is -2.35. The number of hydrogen-bond donors (Lipinski definition) is 0. The summed E-state index contributed by atoms with van der Waals surface area (Å²) in [5, 5.41) is 10.3. The van der Waals surface area contributed by atoms with Gasteiger partial charge in [0.15, 0.2) is 11.0 Å². The largest absolute Gasteiger partial charge is 0.339 e. The minimum atomic E-state index is 0.153. The Morgan fingerprint density at radius 2 is 1.84 bits per heavy atom. The van der Waals surface area contributed by atoms with Crippen LogP contribution in [-0.4, -0.2) is 62.4 Å². The number of amides is 1. The molecule has 2 heterocycles. The Labute approximate surface area is 198 Å². The molecule has 0 aliphatic carbocycles. The van der Waals surface area contributed by atoms with Crippen LogP contribution in [0.5, 0.6) is 0 Å². The van der Waals surface area contributed by atoms with Crippen LogP contribution in [0.15, 0.2) is 53.7 Å². The molecule has 0 N–H and O–H groups in total. The average molecular weight is 470 g/mol. The Morgan fingerprint density at radius 1 is 1.06 bits per heavy atom. The first kappa shape index (κ1) is 22.8. The molecule has 1 fully saturated rings. The maximum absolute atomic E-state index is 12.8. The molecule has 0 atom stereocenters. The highest BCUT2D eigenvalue weighted by Crippen LogP contribution is 2.26. The van der Waals surface area contributed by atoms with E-state index in [1.165, 1.54) is 17.3 Å². The first-order valence-corrected chi connectivity index (χ1v) is 12.3. The summed E-state index contributed by atoms with van der Waals surface area (Å²) in [6.07, 6.45) is 0. The number of benzene rings is 2. The van der Waals surface area contributed by atoms with Crippen molar-refractivity contribution in [1.82, 2.24) is 24.6 Å². The molecule has 4 rings (SSSR count). The number of nitrogens with zero attached hydrogens (tertiary/aromatic N) is 5. The summed E-state index contributed by atoms with van der Waals surface area (Å²) in [4.78, 5) is 17.1. The summed E-state index contributed by atoms with van der Waals surface area (Å²) in [5.74, 6) is 1.39. The van der Waals surface area contributed by atoms with Crippen LogP contribution >= 0.6 is 23.4 Å². The van der Waals surface area contributed by atoms with Gasteiger partial charge in [-0.3, -0.25) is 9.69 Å². The fraction of sp³-hybridized carbons (Fsp3) is 0.375. The first-order chi connectivity index (χ1) is 15.5. The van der Waals surface area contributed by atoms with Crippen LogP contribution < -0.4 is 0 Å². The molecule has 0 radical (unpaired) electrons. The lowest BCUT2D eigenvalue weighted by Crippen LogP contribution is -2.48. The Kier molecular flexibility index (Phi) is 7.50. The van der Waals surface area contributed by atoms with Gasteiger partial charge in [0.05, 0.1) is 5.75 Å². The molecule has 0 unspecified atom stereocenters. The van der Waals surface area contributed by atoms with Gasteiger partial charge in [-0.1, -0.05) is 59.8 Å². The van der Waals surface area contributed by atoms with Crippen LogP contribution in [0, 0.1) is 6.92 Å². The van der Waals surface area contributed by atoms with Crippen LogP contribution in [0.4, 0.5) is 0 Å². The van der Waals surface area contributed by atoms with Gasteiger partial charge in [0.1, 0.15) is 0 Å². The third kappa shape index (κ3) is 5.34. The number of carbonyl (C=O) groups excluding carboxylic acids is 1. The normalized spacial score (nSPS) is 14.7. The molecule has 1 aliphatic heterocycles. The van der Waals surface area contributed by atoms with Gasteiger partial charge in [-0.25, -0.2) is 0 Å². The van der Waals surface area contributed by atoms with Gasteiger partial charge >= 0.3 is 0 Å². The fourth-order valence-corrected chi connectivity index (χ4v) is 5.09. The molecular formula is C24H28ClN5OS. The minimum Gasteiger partial charge on any atom is -0.339 e. The molecule has 1 amide bonds. The maximum Gasteiger partial charge on any atom is 0.233 e. The van der Waals surface area contributed by atoms with E-state index < -0.39 is 0 Å². The van der Waals surface area contributed by atoms with Crippen LogP contribution in [0.1, 0.15) is 18.1 Å². The quantitative estimate of drug-likeness (QED) is 0.481. The van der Waals surface area contributed by atoms with E-state index in [9.17, 15) is 4.79 Å². The van der Waals surface area contributed by atoms with Crippen LogP contribution in [0.3, 0.4) is 0 Å². The van der Waals surface area contributed by atoms with Gasteiger partial charge in [-0.05, 0) is 37.1 Å². The smallest absolute Gasteiger partial charge is 0.233 e. The van der Waals surface area contributed by atoms with E-state index in [2.05, 4.69) is 51.7 Å². The predicted molar refractivity (Wildman–Crippen MR) is 130 cm³/mol. The van der Waals surface area contributed by atoms with Gasteiger partial charge in [0.2, 0.25) is 5.91 Å². The topological polar surface area (TPSA) is 54.3 Å². The van der Waals surface area contributed by atoms with Gasteiger partial charge in [0, 0.05) is 49.9 Å². The van der Waals surface area contributed by atoms with Gasteiger partial charge in [0.25, 0.3) is 0 Å². The molecule has 8 heteroatoms. The van der Waals surface area contributed by atoms with Crippen molar-refractivity contribution in [3.8, 4) is 11.4 Å². The van der Waals surface area contributed by atoms with Crippen molar-refractivity contribution < 1.29 is 4.79 Å². The second kappa shape index (κ2) is 10.5. The average Bonchev–Trinajstić information content (AvgIpc) is 3.21. The molecule has 6 nitrogen and oxygen atoms in total. The molecule has 1 aromatic heterocycles. The number of aryl methyl sites for hydroxylation is 1. The van der Waals surface area contributed by atoms with Crippen molar-refractivity contribution in [2.45, 2.75) is 32.1 Å². The lowest BCUT2D eigenvalue weighted by molar-refractivity contribution is -0.130. The Balaban J connectivity index is 1.31. The van der Waals surface area contributed by atoms with E-state index in [-0.39, 0.29) is 5.91 Å². The zero-order valence-electron chi connectivity index (χ0n) is 18.5. The number of rotatable bonds is 7. The molecule has 3 aromatic rings. The van der Waals surface area contributed by atoms with E-state index >= 15 is 0 Å². The minimum absolute atomic E-state index is 0.153. The maximum atomic E-state index is 12.8. The first-order valence-electron chi connectivity index (χ1n) is 10.9. The predicted octanol–water partition coefficient (Wildman–Crippen LogP) is 4.36. The van der Waals surface area contributed by atoms with Crippen LogP contribution in [-0.2, 0) is 17.9 Å². The lowest BCUT2D eigenvalue weighted by Gasteiger charge is -2.34.